The van der Waals surface area contributed by atoms with Gasteiger partial charge in [-0.3, -0.25) is 19.4 Å². The minimum Gasteiger partial charge on any atom is -0.465 e. The van der Waals surface area contributed by atoms with E-state index < -0.39 is 41.7 Å². The van der Waals surface area contributed by atoms with Crippen molar-refractivity contribution < 1.29 is 33.4 Å². The van der Waals surface area contributed by atoms with E-state index in [2.05, 4.69) is 21.3 Å². The molecule has 3 aromatic carbocycles. The van der Waals surface area contributed by atoms with Gasteiger partial charge in [-0.2, -0.15) is 0 Å². The van der Waals surface area contributed by atoms with Gasteiger partial charge in [-0.15, -0.1) is 0 Å². The zero-order chi connectivity index (χ0) is 40.1. The standard InChI is InChI=1S/C45H51N5O7/c1-42(2,3)56-40(53)48-25-44(16-17-44)23-34(48)37(51)46-29-13-15-32-28(20-29)21-33-31-14-12-30(22-36(31)55-39(50(32)33)27-10-8-7-9-11-27)47-38(52)35-24-45(18-19-45)26-49(35)41(54)57-43(4,5)6/h7-15,20-22,34-35,39H,16-19,23-26H2,1-6H3,(H,46,51)(H,47,52)/t34-,35-,39?/m0/s1. The molecule has 0 radical (unpaired) electrons. The molecule has 2 N–H and O–H groups in total. The molecule has 1 aromatic heterocycles. The zero-order valence-electron chi connectivity index (χ0n) is 33.5. The van der Waals surface area contributed by atoms with Gasteiger partial charge in [0.25, 0.3) is 0 Å². The number of carbonyl (C=O) groups is 4. The summed E-state index contributed by atoms with van der Waals surface area (Å²) in [5.74, 6) is 0.136. The number of hydrogen-bond donors (Lipinski definition) is 2. The van der Waals surface area contributed by atoms with E-state index in [9.17, 15) is 19.2 Å². The van der Waals surface area contributed by atoms with Crippen molar-refractivity contribution in [2.24, 2.45) is 10.8 Å². The Labute approximate surface area is 332 Å². The first-order valence-corrected chi connectivity index (χ1v) is 20.1. The van der Waals surface area contributed by atoms with Gasteiger partial charge in [0.1, 0.15) is 29.0 Å². The second kappa shape index (κ2) is 13.0. The molecule has 4 fully saturated rings. The Hall–Kier alpha value is -5.52. The van der Waals surface area contributed by atoms with Crippen molar-refractivity contribution in [3.63, 3.8) is 0 Å². The van der Waals surface area contributed by atoms with Crippen LogP contribution in [0.3, 0.4) is 0 Å². The third-order valence-corrected chi connectivity index (χ3v) is 12.0. The lowest BCUT2D eigenvalue weighted by Gasteiger charge is -2.31. The van der Waals surface area contributed by atoms with Gasteiger partial charge in [0.2, 0.25) is 18.0 Å². The topological polar surface area (TPSA) is 131 Å². The van der Waals surface area contributed by atoms with Gasteiger partial charge < -0.3 is 29.4 Å². The lowest BCUT2D eigenvalue weighted by Crippen LogP contribution is -2.45. The summed E-state index contributed by atoms with van der Waals surface area (Å²) in [6, 6.07) is 22.3. The van der Waals surface area contributed by atoms with Crippen LogP contribution in [0.25, 0.3) is 22.2 Å². The fourth-order valence-corrected chi connectivity index (χ4v) is 8.83. The summed E-state index contributed by atoms with van der Waals surface area (Å²) in [6.07, 6.45) is 3.82. The van der Waals surface area contributed by atoms with Crippen LogP contribution < -0.4 is 15.4 Å². The number of benzene rings is 3. The van der Waals surface area contributed by atoms with Crippen LogP contribution in [0.1, 0.15) is 91.9 Å². The summed E-state index contributed by atoms with van der Waals surface area (Å²) < 4.78 is 20.3. The molecule has 0 bridgehead atoms. The van der Waals surface area contributed by atoms with Crippen LogP contribution in [0.2, 0.25) is 0 Å². The first-order chi connectivity index (χ1) is 27.0. The Morgan fingerprint density at radius 1 is 0.684 bits per heavy atom. The highest BCUT2D eigenvalue weighted by Gasteiger charge is 2.57. The number of fused-ring (bicyclic) bond motifs is 5. The highest BCUT2D eigenvalue weighted by Crippen LogP contribution is 2.56. The highest BCUT2D eigenvalue weighted by molar-refractivity contribution is 6.00. The maximum absolute atomic E-state index is 13.9. The lowest BCUT2D eigenvalue weighted by molar-refractivity contribution is -0.121. The van der Waals surface area contributed by atoms with Gasteiger partial charge in [-0.05, 0) is 127 Å². The van der Waals surface area contributed by atoms with Crippen LogP contribution in [-0.4, -0.2) is 74.7 Å². The number of aromatic nitrogens is 1. The van der Waals surface area contributed by atoms with Gasteiger partial charge >= 0.3 is 12.2 Å². The van der Waals surface area contributed by atoms with E-state index in [1.807, 2.05) is 108 Å². The number of ether oxygens (including phenoxy) is 3. The van der Waals surface area contributed by atoms with Gasteiger partial charge in [0.15, 0.2) is 0 Å². The maximum Gasteiger partial charge on any atom is 0.410 e. The number of hydrogen-bond acceptors (Lipinski definition) is 7. The molecule has 2 saturated heterocycles. The van der Waals surface area contributed by atoms with Crippen LogP contribution in [0.5, 0.6) is 5.75 Å². The van der Waals surface area contributed by atoms with E-state index in [-0.39, 0.29) is 22.6 Å². The Bertz CT molecular complexity index is 2300. The number of nitrogens with one attached hydrogen (secondary N) is 2. The molecule has 2 aliphatic carbocycles. The Morgan fingerprint density at radius 2 is 1.21 bits per heavy atom. The van der Waals surface area contributed by atoms with Gasteiger partial charge in [0.05, 0.1) is 11.2 Å². The van der Waals surface area contributed by atoms with Crippen LogP contribution in [-0.2, 0) is 19.1 Å². The van der Waals surface area contributed by atoms with Crippen molar-refractivity contribution in [3.05, 3.63) is 78.4 Å². The number of nitrogens with zero attached hydrogens (tertiary/aromatic N) is 3. The van der Waals surface area contributed by atoms with Crippen LogP contribution in [0, 0.1) is 10.8 Å². The van der Waals surface area contributed by atoms with Crippen molar-refractivity contribution in [3.8, 4) is 17.0 Å². The molecule has 2 spiro atoms. The van der Waals surface area contributed by atoms with Gasteiger partial charge in [-0.1, -0.05) is 30.3 Å². The molecule has 3 atom stereocenters. The fraction of sp³-hybridized carbons (Fsp3) is 0.467. The zero-order valence-corrected chi connectivity index (χ0v) is 33.5. The number of likely N-dealkylation sites (tertiary alicyclic amines) is 2. The summed E-state index contributed by atoms with van der Waals surface area (Å²) in [5, 5.41) is 7.10. The number of carbonyl (C=O) groups excluding carboxylic acids is 4. The smallest absolute Gasteiger partial charge is 0.410 e. The lowest BCUT2D eigenvalue weighted by atomic mass is 10.0. The SMILES string of the molecule is CC(C)(C)OC(=O)N1CC2(CC2)C[C@H]1C(=O)Nc1ccc2c(c1)OC(c1ccccc1)n1c-2cc2cc(NC(=O)[C@@H]3CC4(CC4)CN3C(=O)OC(C)(C)C)ccc21. The second-order valence-corrected chi connectivity index (χ2v) is 18.9. The number of anilines is 2. The molecule has 298 valence electrons. The molecule has 12 nitrogen and oxygen atoms in total. The Balaban J connectivity index is 0.991. The van der Waals surface area contributed by atoms with Crippen molar-refractivity contribution in [1.29, 1.82) is 0 Å². The summed E-state index contributed by atoms with van der Waals surface area (Å²) in [7, 11) is 0. The van der Waals surface area contributed by atoms with E-state index >= 15 is 0 Å². The van der Waals surface area contributed by atoms with E-state index in [1.165, 1.54) is 0 Å². The van der Waals surface area contributed by atoms with Crippen molar-refractivity contribution in [2.45, 2.75) is 110 Å². The minimum absolute atomic E-state index is 0.00310. The average molecular weight is 774 g/mol. The molecule has 57 heavy (non-hydrogen) atoms. The molecular weight excluding hydrogens is 723 g/mol. The minimum atomic E-state index is -0.666. The molecule has 4 amide bonds. The van der Waals surface area contributed by atoms with Crippen molar-refractivity contribution in [2.75, 3.05) is 23.7 Å². The fourth-order valence-electron chi connectivity index (χ4n) is 8.83. The molecule has 1 unspecified atom stereocenters. The van der Waals surface area contributed by atoms with E-state index in [4.69, 9.17) is 14.2 Å². The Morgan fingerprint density at radius 3 is 1.74 bits per heavy atom. The number of rotatable bonds is 5. The monoisotopic (exact) mass is 773 g/mol. The quantitative estimate of drug-likeness (QED) is 0.208. The third kappa shape index (κ3) is 7.19. The molecular formula is C45H51N5O7. The van der Waals surface area contributed by atoms with Crippen LogP contribution in [0.4, 0.5) is 21.0 Å². The van der Waals surface area contributed by atoms with E-state index in [0.29, 0.717) is 43.1 Å². The van der Waals surface area contributed by atoms with E-state index in [1.54, 1.807) is 9.80 Å². The van der Waals surface area contributed by atoms with Gasteiger partial charge in [0, 0.05) is 47.0 Å². The van der Waals surface area contributed by atoms with Gasteiger partial charge in [-0.25, -0.2) is 9.59 Å². The predicted molar refractivity (Wildman–Crippen MR) is 216 cm³/mol. The van der Waals surface area contributed by atoms with Crippen LogP contribution in [0.15, 0.2) is 72.8 Å². The molecule has 3 aliphatic heterocycles. The summed E-state index contributed by atoms with van der Waals surface area (Å²) in [6.45, 7) is 12.0. The summed E-state index contributed by atoms with van der Waals surface area (Å²) in [5.41, 5.74) is 3.51. The predicted octanol–water partition coefficient (Wildman–Crippen LogP) is 8.70. The first-order valence-electron chi connectivity index (χ1n) is 20.1. The summed E-state index contributed by atoms with van der Waals surface area (Å²) >= 11 is 0. The number of amides is 4. The molecule has 12 heteroatoms. The normalized spacial score (nSPS) is 22.5. The van der Waals surface area contributed by atoms with Crippen LogP contribution >= 0.6 is 0 Å². The maximum atomic E-state index is 13.9. The third-order valence-electron chi connectivity index (χ3n) is 12.0. The average Bonchev–Trinajstić information content (AvgIpc) is 3.93. The second-order valence-electron chi connectivity index (χ2n) is 18.9. The van der Waals surface area contributed by atoms with E-state index in [0.717, 1.165) is 53.4 Å². The highest BCUT2D eigenvalue weighted by atomic mass is 16.6. The first kappa shape index (κ1) is 37.1. The molecule has 4 aromatic rings. The molecule has 4 heterocycles. The largest absolute Gasteiger partial charge is 0.465 e. The molecule has 2 saturated carbocycles. The van der Waals surface area contributed by atoms with Crippen molar-refractivity contribution >= 4 is 46.3 Å². The van der Waals surface area contributed by atoms with Crippen molar-refractivity contribution in [1.82, 2.24) is 14.4 Å². The summed E-state index contributed by atoms with van der Waals surface area (Å²) in [4.78, 5) is 57.3. The molecule has 9 rings (SSSR count). The Kier molecular flexibility index (Phi) is 8.46. The molecule has 5 aliphatic rings.